The van der Waals surface area contributed by atoms with Crippen LogP contribution in [0.1, 0.15) is 48.9 Å². The molecule has 4 N–H and O–H groups in total. The van der Waals surface area contributed by atoms with E-state index in [0.717, 1.165) is 5.56 Å². The van der Waals surface area contributed by atoms with Crippen LogP contribution >= 0.6 is 0 Å². The zero-order valence-corrected chi connectivity index (χ0v) is 19.0. The number of rotatable bonds is 6. The number of phenolic OH excluding ortho intramolecular Hbond substituents is 4. The van der Waals surface area contributed by atoms with Crippen LogP contribution in [-0.2, 0) is 0 Å². The molecule has 0 radical (unpaired) electrons. The van der Waals surface area contributed by atoms with Crippen molar-refractivity contribution in [3.8, 4) is 34.5 Å². The Hall–Kier alpha value is -3.80. The highest BCUT2D eigenvalue weighted by Gasteiger charge is 2.21. The molecule has 32 heavy (non-hydrogen) atoms. The third-order valence-electron chi connectivity index (χ3n) is 4.96. The van der Waals surface area contributed by atoms with Crippen molar-refractivity contribution in [1.82, 2.24) is 0 Å². The molecule has 0 bridgehead atoms. The van der Waals surface area contributed by atoms with Crippen LogP contribution in [0.2, 0.25) is 0 Å². The summed E-state index contributed by atoms with van der Waals surface area (Å²) in [6.45, 7) is 5.83. The zero-order chi connectivity index (χ0) is 23.8. The molecule has 1 atom stereocenters. The fourth-order valence-corrected chi connectivity index (χ4v) is 3.29. The Morgan fingerprint density at radius 1 is 0.719 bits per heavy atom. The predicted molar refractivity (Wildman–Crippen MR) is 127 cm³/mol. The molecule has 1 unspecified atom stereocenters. The fraction of sp³-hybridized carbons (Fsp3) is 0.231. The van der Waals surface area contributed by atoms with Crippen LogP contribution in [-0.4, -0.2) is 34.6 Å². The van der Waals surface area contributed by atoms with E-state index in [1.54, 1.807) is 54.6 Å². The summed E-state index contributed by atoms with van der Waals surface area (Å²) < 4.78 is 10.4. The quantitative estimate of drug-likeness (QED) is 0.359. The van der Waals surface area contributed by atoms with E-state index in [1.807, 2.05) is 26.8 Å². The van der Waals surface area contributed by atoms with Crippen LogP contribution in [0.25, 0.3) is 12.2 Å². The molecule has 0 aromatic heterocycles. The third kappa shape index (κ3) is 5.46. The summed E-state index contributed by atoms with van der Waals surface area (Å²) in [6.07, 6.45) is 3.57. The monoisotopic (exact) mass is 438 g/mol. The standard InChI is InChI=1S/C24H24O6.C2H6/c1-14(17-12-21(29-2)24(28)22(13-17)30-3)23-19(26)10-16(11-20(23)27)5-4-15-6-8-18(25)9-7-15;1-2/h4-14,25-28H,1-3H3;1-2H3/b5-4+;. The second-order valence-corrected chi connectivity index (χ2v) is 6.89. The number of methoxy groups -OCH3 is 2. The largest absolute Gasteiger partial charge is 0.508 e. The highest BCUT2D eigenvalue weighted by Crippen LogP contribution is 2.44. The Bertz CT molecular complexity index is 1020. The van der Waals surface area contributed by atoms with Crippen molar-refractivity contribution in [2.45, 2.75) is 26.7 Å². The lowest BCUT2D eigenvalue weighted by molar-refractivity contribution is 0.339. The second-order valence-electron chi connectivity index (χ2n) is 6.89. The minimum Gasteiger partial charge on any atom is -0.508 e. The number of hydrogen-bond acceptors (Lipinski definition) is 6. The Morgan fingerprint density at radius 3 is 1.66 bits per heavy atom. The number of hydrogen-bond donors (Lipinski definition) is 4. The first-order valence-corrected chi connectivity index (χ1v) is 10.3. The average molecular weight is 439 g/mol. The molecule has 0 heterocycles. The first-order chi connectivity index (χ1) is 15.3. The molecule has 0 saturated heterocycles. The molecule has 3 aromatic carbocycles. The van der Waals surface area contributed by atoms with Gasteiger partial charge in [0.1, 0.15) is 17.2 Å². The molecular weight excluding hydrogens is 408 g/mol. The highest BCUT2D eigenvalue weighted by atomic mass is 16.5. The van der Waals surface area contributed by atoms with Crippen LogP contribution < -0.4 is 9.47 Å². The van der Waals surface area contributed by atoms with Crippen molar-refractivity contribution < 1.29 is 29.9 Å². The molecule has 3 aromatic rings. The maximum atomic E-state index is 10.6. The number of aromatic hydroxyl groups is 4. The van der Waals surface area contributed by atoms with E-state index in [4.69, 9.17) is 9.47 Å². The fourth-order valence-electron chi connectivity index (χ4n) is 3.29. The lowest BCUT2D eigenvalue weighted by Crippen LogP contribution is -2.00. The molecule has 0 amide bonds. The molecule has 0 saturated carbocycles. The molecule has 0 aliphatic carbocycles. The van der Waals surface area contributed by atoms with Gasteiger partial charge in [0.15, 0.2) is 11.5 Å². The molecule has 0 spiro atoms. The van der Waals surface area contributed by atoms with Gasteiger partial charge in [-0.15, -0.1) is 0 Å². The van der Waals surface area contributed by atoms with E-state index in [1.165, 1.54) is 14.2 Å². The Morgan fingerprint density at radius 2 is 1.19 bits per heavy atom. The number of ether oxygens (including phenoxy) is 2. The van der Waals surface area contributed by atoms with Gasteiger partial charge in [0.25, 0.3) is 0 Å². The summed E-state index contributed by atoms with van der Waals surface area (Å²) in [5.41, 5.74) is 2.54. The van der Waals surface area contributed by atoms with Crippen LogP contribution in [0, 0.1) is 0 Å². The summed E-state index contributed by atoms with van der Waals surface area (Å²) in [6, 6.07) is 13.1. The summed E-state index contributed by atoms with van der Waals surface area (Å²) in [4.78, 5) is 0. The van der Waals surface area contributed by atoms with E-state index in [-0.39, 0.29) is 34.5 Å². The minimum absolute atomic E-state index is 0.0566. The molecule has 170 valence electrons. The van der Waals surface area contributed by atoms with Gasteiger partial charge in [-0.25, -0.2) is 0 Å². The number of phenols is 4. The van der Waals surface area contributed by atoms with Crippen LogP contribution in [0.5, 0.6) is 34.5 Å². The molecule has 0 aliphatic heterocycles. The van der Waals surface area contributed by atoms with Crippen molar-refractivity contribution in [3.05, 3.63) is 70.8 Å². The van der Waals surface area contributed by atoms with Gasteiger partial charge in [-0.1, -0.05) is 45.1 Å². The molecule has 6 heteroatoms. The van der Waals surface area contributed by atoms with Crippen molar-refractivity contribution in [3.63, 3.8) is 0 Å². The van der Waals surface area contributed by atoms with Gasteiger partial charge in [0.05, 0.1) is 14.2 Å². The van der Waals surface area contributed by atoms with Gasteiger partial charge in [0, 0.05) is 11.5 Å². The van der Waals surface area contributed by atoms with Crippen LogP contribution in [0.4, 0.5) is 0 Å². The van der Waals surface area contributed by atoms with Crippen molar-refractivity contribution in [1.29, 1.82) is 0 Å². The van der Waals surface area contributed by atoms with E-state index in [0.29, 0.717) is 16.7 Å². The van der Waals surface area contributed by atoms with Gasteiger partial charge in [-0.3, -0.25) is 0 Å². The van der Waals surface area contributed by atoms with Crippen molar-refractivity contribution >= 4 is 12.2 Å². The van der Waals surface area contributed by atoms with Crippen molar-refractivity contribution in [2.24, 2.45) is 0 Å². The third-order valence-corrected chi connectivity index (χ3v) is 4.96. The highest BCUT2D eigenvalue weighted by molar-refractivity contribution is 5.72. The van der Waals surface area contributed by atoms with Gasteiger partial charge in [-0.2, -0.15) is 0 Å². The Labute approximate surface area is 188 Å². The summed E-state index contributed by atoms with van der Waals surface area (Å²) in [5, 5.41) is 40.7. The molecule has 0 fully saturated rings. The molecule has 0 aliphatic rings. The normalized spacial score (nSPS) is 11.5. The maximum absolute atomic E-state index is 10.6. The first-order valence-electron chi connectivity index (χ1n) is 10.3. The van der Waals surface area contributed by atoms with Gasteiger partial charge in [0.2, 0.25) is 5.75 Å². The Kier molecular flexibility index (Phi) is 8.41. The average Bonchev–Trinajstić information content (AvgIpc) is 2.79. The number of benzene rings is 3. The molecule has 3 rings (SSSR count). The lowest BCUT2D eigenvalue weighted by Gasteiger charge is -2.19. The second kappa shape index (κ2) is 11.0. The Balaban J connectivity index is 0.00000176. The van der Waals surface area contributed by atoms with Crippen molar-refractivity contribution in [2.75, 3.05) is 14.2 Å². The van der Waals surface area contributed by atoms with Gasteiger partial charge >= 0.3 is 0 Å². The lowest BCUT2D eigenvalue weighted by atomic mass is 9.90. The minimum atomic E-state index is -0.400. The van der Waals surface area contributed by atoms with E-state index in [2.05, 4.69) is 0 Å². The first kappa shape index (κ1) is 24.5. The van der Waals surface area contributed by atoms with E-state index in [9.17, 15) is 20.4 Å². The topological polar surface area (TPSA) is 99.4 Å². The van der Waals surface area contributed by atoms with Crippen LogP contribution in [0.3, 0.4) is 0 Å². The maximum Gasteiger partial charge on any atom is 0.200 e. The van der Waals surface area contributed by atoms with E-state index >= 15 is 0 Å². The molecule has 6 nitrogen and oxygen atoms in total. The molecular formula is C26H30O6. The predicted octanol–water partition coefficient (Wildman–Crippen LogP) is 5.87. The van der Waals surface area contributed by atoms with Gasteiger partial charge in [-0.05, 0) is 53.1 Å². The van der Waals surface area contributed by atoms with Crippen LogP contribution in [0.15, 0.2) is 48.5 Å². The van der Waals surface area contributed by atoms with Gasteiger partial charge < -0.3 is 29.9 Å². The summed E-state index contributed by atoms with van der Waals surface area (Å²) in [7, 11) is 2.88. The van der Waals surface area contributed by atoms with E-state index < -0.39 is 5.92 Å². The zero-order valence-electron chi connectivity index (χ0n) is 19.0. The summed E-state index contributed by atoms with van der Waals surface area (Å²) >= 11 is 0. The smallest absolute Gasteiger partial charge is 0.200 e. The summed E-state index contributed by atoms with van der Waals surface area (Å²) in [5.74, 6) is 0.0379. The SMILES string of the molecule is CC.COc1cc(C(C)c2c(O)cc(/C=C/c3ccc(O)cc3)cc2O)cc(OC)c1O.